The zero-order chi connectivity index (χ0) is 14.7. The normalized spacial score (nSPS) is 18.5. The highest BCUT2D eigenvalue weighted by Crippen LogP contribution is 2.24. The van der Waals surface area contributed by atoms with Gasteiger partial charge in [-0.3, -0.25) is 10.1 Å². The second kappa shape index (κ2) is 6.10. The molecule has 2 aromatic carbocycles. The van der Waals surface area contributed by atoms with Gasteiger partial charge in [-0.05, 0) is 17.5 Å². The predicted molar refractivity (Wildman–Crippen MR) is 83.9 cm³/mol. The van der Waals surface area contributed by atoms with Crippen molar-refractivity contribution in [2.24, 2.45) is 0 Å². The Morgan fingerprint density at radius 3 is 1.95 bits per heavy atom. The van der Waals surface area contributed by atoms with Crippen LogP contribution in [0.15, 0.2) is 60.7 Å². The molecular weight excluding hydrogens is 260 g/mol. The monoisotopic (exact) mass is 280 g/mol. The maximum absolute atomic E-state index is 12.2. The van der Waals surface area contributed by atoms with Gasteiger partial charge in [0.15, 0.2) is 0 Å². The van der Waals surface area contributed by atoms with Crippen molar-refractivity contribution in [2.45, 2.75) is 18.5 Å². The van der Waals surface area contributed by atoms with Gasteiger partial charge in [-0.2, -0.15) is 0 Å². The minimum absolute atomic E-state index is 0.0489. The number of nitrogens with zero attached hydrogens (tertiary/aromatic N) is 1. The van der Waals surface area contributed by atoms with Gasteiger partial charge < -0.3 is 4.90 Å². The lowest BCUT2D eigenvalue weighted by Gasteiger charge is -2.23. The fourth-order valence-electron chi connectivity index (χ4n) is 2.85. The average molecular weight is 280 g/mol. The molecule has 0 aromatic heterocycles. The number of rotatable bonds is 4. The molecule has 1 saturated heterocycles. The van der Waals surface area contributed by atoms with Crippen molar-refractivity contribution in [3.05, 3.63) is 71.8 Å². The summed E-state index contributed by atoms with van der Waals surface area (Å²) in [5.41, 5.74) is 2.37. The maximum atomic E-state index is 12.2. The van der Waals surface area contributed by atoms with Crippen molar-refractivity contribution in [3.8, 4) is 0 Å². The Kier molecular flexibility index (Phi) is 4.02. The summed E-state index contributed by atoms with van der Waals surface area (Å²) in [5, 5.41) is 3.54. The first-order chi connectivity index (χ1) is 10.3. The molecule has 1 N–H and O–H groups in total. The van der Waals surface area contributed by atoms with Crippen molar-refractivity contribution in [1.82, 2.24) is 10.2 Å². The van der Waals surface area contributed by atoms with E-state index in [1.807, 2.05) is 43.4 Å². The molecule has 108 valence electrons. The van der Waals surface area contributed by atoms with Crippen LogP contribution in [0.2, 0.25) is 0 Å². The van der Waals surface area contributed by atoms with Crippen LogP contribution in [0.25, 0.3) is 0 Å². The van der Waals surface area contributed by atoms with Crippen LogP contribution in [0.1, 0.15) is 23.6 Å². The minimum Gasteiger partial charge on any atom is -0.344 e. The third kappa shape index (κ3) is 2.98. The lowest BCUT2D eigenvalue weighted by atomic mass is 9.97. The number of likely N-dealkylation sites (tertiary alicyclic amines) is 1. The molecule has 1 unspecified atom stereocenters. The fraction of sp³-hybridized carbons (Fsp3) is 0.278. The summed E-state index contributed by atoms with van der Waals surface area (Å²) in [7, 11) is 1.87. The lowest BCUT2D eigenvalue weighted by Crippen LogP contribution is -2.39. The van der Waals surface area contributed by atoms with Crippen molar-refractivity contribution in [3.63, 3.8) is 0 Å². The summed E-state index contributed by atoms with van der Waals surface area (Å²) in [5.74, 6) is 0.187. The van der Waals surface area contributed by atoms with Crippen molar-refractivity contribution < 1.29 is 4.79 Å². The summed E-state index contributed by atoms with van der Waals surface area (Å²) >= 11 is 0. The summed E-state index contributed by atoms with van der Waals surface area (Å²) in [6.07, 6.45) is 0.867. The van der Waals surface area contributed by atoms with Crippen LogP contribution in [0.5, 0.6) is 0 Å². The topological polar surface area (TPSA) is 32.3 Å². The lowest BCUT2D eigenvalue weighted by molar-refractivity contribution is -0.128. The molecule has 21 heavy (non-hydrogen) atoms. The van der Waals surface area contributed by atoms with E-state index in [1.165, 1.54) is 11.1 Å². The first-order valence-electron chi connectivity index (χ1n) is 7.36. The standard InChI is InChI=1S/C18H20N2O/c1-20-13-12-16(18(20)21)19-17(14-8-4-2-5-9-14)15-10-6-3-7-11-15/h2-11,16-17,19H,12-13H2,1H3. The van der Waals surface area contributed by atoms with Gasteiger partial charge in [-0.15, -0.1) is 0 Å². The third-order valence-corrected chi connectivity index (χ3v) is 4.06. The molecule has 0 spiro atoms. The number of carbonyl (C=O) groups is 1. The van der Waals surface area contributed by atoms with E-state index in [0.717, 1.165) is 13.0 Å². The molecule has 1 fully saturated rings. The zero-order valence-electron chi connectivity index (χ0n) is 12.2. The number of likely N-dealkylation sites (N-methyl/N-ethyl adjacent to an activating group) is 1. The molecular formula is C18H20N2O. The van der Waals surface area contributed by atoms with Gasteiger partial charge >= 0.3 is 0 Å². The van der Waals surface area contributed by atoms with Crippen molar-refractivity contribution in [2.75, 3.05) is 13.6 Å². The second-order valence-corrected chi connectivity index (χ2v) is 5.52. The van der Waals surface area contributed by atoms with E-state index in [2.05, 4.69) is 29.6 Å². The Morgan fingerprint density at radius 2 is 1.52 bits per heavy atom. The minimum atomic E-state index is -0.0968. The highest BCUT2D eigenvalue weighted by molar-refractivity contribution is 5.83. The van der Waals surface area contributed by atoms with E-state index < -0.39 is 0 Å². The van der Waals surface area contributed by atoms with Crippen LogP contribution in [0.3, 0.4) is 0 Å². The number of hydrogen-bond acceptors (Lipinski definition) is 2. The molecule has 1 amide bonds. The van der Waals surface area contributed by atoms with Crippen LogP contribution in [-0.4, -0.2) is 30.4 Å². The van der Waals surface area contributed by atoms with Crippen LogP contribution < -0.4 is 5.32 Å². The Hall–Kier alpha value is -2.13. The van der Waals surface area contributed by atoms with E-state index in [1.54, 1.807) is 4.90 Å². The Labute approximate surface area is 125 Å². The number of carbonyl (C=O) groups excluding carboxylic acids is 1. The van der Waals surface area contributed by atoms with E-state index in [9.17, 15) is 4.79 Å². The number of nitrogens with one attached hydrogen (secondary N) is 1. The van der Waals surface area contributed by atoms with Gasteiger partial charge in [0.25, 0.3) is 0 Å². The van der Waals surface area contributed by atoms with E-state index in [4.69, 9.17) is 0 Å². The maximum Gasteiger partial charge on any atom is 0.239 e. The van der Waals surface area contributed by atoms with Gasteiger partial charge in [0.2, 0.25) is 5.91 Å². The second-order valence-electron chi connectivity index (χ2n) is 5.52. The Bertz CT molecular complexity index is 558. The van der Waals surface area contributed by atoms with E-state index in [0.29, 0.717) is 0 Å². The quantitative estimate of drug-likeness (QED) is 0.933. The van der Waals surface area contributed by atoms with Gasteiger partial charge in [0.05, 0.1) is 12.1 Å². The van der Waals surface area contributed by atoms with Crippen molar-refractivity contribution >= 4 is 5.91 Å². The van der Waals surface area contributed by atoms with Crippen LogP contribution >= 0.6 is 0 Å². The summed E-state index contributed by atoms with van der Waals surface area (Å²) < 4.78 is 0. The zero-order valence-corrected chi connectivity index (χ0v) is 12.2. The molecule has 3 heteroatoms. The van der Waals surface area contributed by atoms with Crippen LogP contribution in [0, 0.1) is 0 Å². The first-order valence-corrected chi connectivity index (χ1v) is 7.36. The summed E-state index contributed by atoms with van der Waals surface area (Å²) in [4.78, 5) is 14.0. The van der Waals surface area contributed by atoms with Gasteiger partial charge in [0, 0.05) is 13.6 Å². The highest BCUT2D eigenvalue weighted by Gasteiger charge is 2.31. The SMILES string of the molecule is CN1CCC(NC(c2ccccc2)c2ccccc2)C1=O. The van der Waals surface area contributed by atoms with Crippen LogP contribution in [0.4, 0.5) is 0 Å². The molecule has 0 aliphatic carbocycles. The molecule has 2 aromatic rings. The van der Waals surface area contributed by atoms with Gasteiger partial charge in [0.1, 0.15) is 0 Å². The molecule has 1 aliphatic heterocycles. The largest absolute Gasteiger partial charge is 0.344 e. The van der Waals surface area contributed by atoms with Gasteiger partial charge in [-0.25, -0.2) is 0 Å². The number of benzene rings is 2. The molecule has 1 heterocycles. The Balaban J connectivity index is 1.89. The molecule has 1 aliphatic rings. The smallest absolute Gasteiger partial charge is 0.239 e. The Morgan fingerprint density at radius 1 is 1.00 bits per heavy atom. The van der Waals surface area contributed by atoms with Crippen LogP contribution in [-0.2, 0) is 4.79 Å². The molecule has 0 saturated carbocycles. The average Bonchev–Trinajstić information content (AvgIpc) is 2.86. The first kappa shape index (κ1) is 13.8. The van der Waals surface area contributed by atoms with E-state index >= 15 is 0 Å². The summed E-state index contributed by atoms with van der Waals surface area (Å²) in [6, 6.07) is 20.5. The molecule has 3 nitrogen and oxygen atoms in total. The molecule has 0 bridgehead atoms. The predicted octanol–water partition coefficient (Wildman–Crippen LogP) is 2.60. The molecule has 0 radical (unpaired) electrons. The fourth-order valence-corrected chi connectivity index (χ4v) is 2.85. The number of hydrogen-bond donors (Lipinski definition) is 1. The van der Waals surface area contributed by atoms with Gasteiger partial charge in [-0.1, -0.05) is 60.7 Å². The van der Waals surface area contributed by atoms with E-state index in [-0.39, 0.29) is 18.0 Å². The molecule has 1 atom stereocenters. The highest BCUT2D eigenvalue weighted by atomic mass is 16.2. The third-order valence-electron chi connectivity index (χ3n) is 4.06. The van der Waals surface area contributed by atoms with Crippen molar-refractivity contribution in [1.29, 1.82) is 0 Å². The summed E-state index contributed by atoms with van der Waals surface area (Å²) in [6.45, 7) is 0.826. The molecule has 3 rings (SSSR count). The number of amides is 1.